The Hall–Kier alpha value is -1.51. The summed E-state index contributed by atoms with van der Waals surface area (Å²) in [5.74, 6) is 0.307. The van der Waals surface area contributed by atoms with Crippen LogP contribution < -0.4 is 0 Å². The molecule has 1 rings (SSSR count). The van der Waals surface area contributed by atoms with Crippen molar-refractivity contribution in [3.63, 3.8) is 0 Å². The van der Waals surface area contributed by atoms with Gasteiger partial charge in [-0.15, -0.1) is 0 Å². The SMILES string of the molecule is CO/N=C(\CC(C)(C)C)c1ccc(O)c(C)c1. The molecule has 0 aliphatic rings. The van der Waals surface area contributed by atoms with E-state index in [0.29, 0.717) is 5.75 Å². The van der Waals surface area contributed by atoms with Crippen molar-refractivity contribution in [3.05, 3.63) is 29.3 Å². The Balaban J connectivity index is 3.06. The van der Waals surface area contributed by atoms with Gasteiger partial charge in [0, 0.05) is 0 Å². The van der Waals surface area contributed by atoms with Gasteiger partial charge in [-0.3, -0.25) is 0 Å². The molecule has 0 fully saturated rings. The van der Waals surface area contributed by atoms with Crippen LogP contribution in [0.4, 0.5) is 0 Å². The third-order valence-electron chi connectivity index (χ3n) is 2.43. The van der Waals surface area contributed by atoms with Crippen LogP contribution in [0, 0.1) is 12.3 Å². The number of phenols is 1. The van der Waals surface area contributed by atoms with E-state index in [1.807, 2.05) is 19.1 Å². The summed E-state index contributed by atoms with van der Waals surface area (Å²) in [6.45, 7) is 8.35. The summed E-state index contributed by atoms with van der Waals surface area (Å²) in [6.07, 6.45) is 0.824. The Kier molecular flexibility index (Phi) is 4.16. The summed E-state index contributed by atoms with van der Waals surface area (Å²) >= 11 is 0. The predicted octanol–water partition coefficient (Wildman–Crippen LogP) is 3.49. The normalized spacial score (nSPS) is 12.6. The molecule has 17 heavy (non-hydrogen) atoms. The Morgan fingerprint density at radius 1 is 1.35 bits per heavy atom. The maximum Gasteiger partial charge on any atom is 0.118 e. The van der Waals surface area contributed by atoms with Crippen LogP contribution in [0.1, 0.15) is 38.3 Å². The van der Waals surface area contributed by atoms with Gasteiger partial charge < -0.3 is 9.94 Å². The highest BCUT2D eigenvalue weighted by Gasteiger charge is 2.17. The van der Waals surface area contributed by atoms with E-state index in [9.17, 15) is 5.11 Å². The van der Waals surface area contributed by atoms with Gasteiger partial charge in [0.1, 0.15) is 12.9 Å². The highest BCUT2D eigenvalue weighted by atomic mass is 16.6. The van der Waals surface area contributed by atoms with Crippen molar-refractivity contribution in [1.82, 2.24) is 0 Å². The number of phenolic OH excluding ortho intramolecular Hbond substituents is 1. The first kappa shape index (κ1) is 13.6. The lowest BCUT2D eigenvalue weighted by Crippen LogP contribution is -2.14. The lowest BCUT2D eigenvalue weighted by Gasteiger charge is -2.19. The van der Waals surface area contributed by atoms with Crippen LogP contribution in [-0.2, 0) is 4.84 Å². The lowest BCUT2D eigenvalue weighted by atomic mass is 9.87. The second-order valence-corrected chi connectivity index (χ2v) is 5.46. The van der Waals surface area contributed by atoms with Gasteiger partial charge in [0.05, 0.1) is 5.71 Å². The van der Waals surface area contributed by atoms with Gasteiger partial charge >= 0.3 is 0 Å². The molecule has 0 aliphatic carbocycles. The summed E-state index contributed by atoms with van der Waals surface area (Å²) in [4.78, 5) is 4.90. The molecule has 0 amide bonds. The van der Waals surface area contributed by atoms with E-state index in [0.717, 1.165) is 23.3 Å². The van der Waals surface area contributed by atoms with E-state index < -0.39 is 0 Å². The molecule has 0 saturated carbocycles. The molecule has 0 atom stereocenters. The van der Waals surface area contributed by atoms with E-state index >= 15 is 0 Å². The molecule has 0 aromatic heterocycles. The molecule has 3 heteroatoms. The van der Waals surface area contributed by atoms with Gasteiger partial charge in [-0.25, -0.2) is 0 Å². The van der Waals surface area contributed by atoms with Gasteiger partial charge in [0.25, 0.3) is 0 Å². The van der Waals surface area contributed by atoms with Crippen LogP contribution in [-0.4, -0.2) is 17.9 Å². The second-order valence-electron chi connectivity index (χ2n) is 5.46. The van der Waals surface area contributed by atoms with Crippen LogP contribution in [0.25, 0.3) is 0 Å². The highest BCUT2D eigenvalue weighted by molar-refractivity contribution is 6.00. The molecule has 0 radical (unpaired) electrons. The fraction of sp³-hybridized carbons (Fsp3) is 0.500. The minimum Gasteiger partial charge on any atom is -0.508 e. The van der Waals surface area contributed by atoms with Gasteiger partial charge in [-0.2, -0.15) is 0 Å². The minimum atomic E-state index is 0.142. The zero-order valence-corrected chi connectivity index (χ0v) is 11.2. The van der Waals surface area contributed by atoms with Crippen molar-refractivity contribution in [3.8, 4) is 5.75 Å². The van der Waals surface area contributed by atoms with Crippen LogP contribution in [0.3, 0.4) is 0 Å². The van der Waals surface area contributed by atoms with Crippen LogP contribution in [0.2, 0.25) is 0 Å². The molecular weight excluding hydrogens is 214 g/mol. The van der Waals surface area contributed by atoms with Gasteiger partial charge in [0.2, 0.25) is 0 Å². The smallest absolute Gasteiger partial charge is 0.118 e. The van der Waals surface area contributed by atoms with E-state index in [4.69, 9.17) is 4.84 Å². The Morgan fingerprint density at radius 3 is 2.47 bits per heavy atom. The molecule has 0 saturated heterocycles. The first-order valence-corrected chi connectivity index (χ1v) is 5.73. The van der Waals surface area contributed by atoms with Crippen molar-refractivity contribution >= 4 is 5.71 Å². The lowest BCUT2D eigenvalue weighted by molar-refractivity contribution is 0.211. The topological polar surface area (TPSA) is 41.8 Å². The molecule has 0 heterocycles. The standard InChI is InChI=1S/C14H21NO2/c1-10-8-11(6-7-13(10)16)12(15-17-5)9-14(2,3)4/h6-8,16H,9H2,1-5H3/b15-12+. The Morgan fingerprint density at radius 2 is 2.00 bits per heavy atom. The molecule has 0 spiro atoms. The zero-order valence-electron chi connectivity index (χ0n) is 11.2. The van der Waals surface area contributed by atoms with Gasteiger partial charge in [-0.1, -0.05) is 25.9 Å². The van der Waals surface area contributed by atoms with Crippen LogP contribution >= 0.6 is 0 Å². The minimum absolute atomic E-state index is 0.142. The molecule has 0 bridgehead atoms. The molecule has 1 aromatic carbocycles. The van der Waals surface area contributed by atoms with Crippen molar-refractivity contribution in [2.45, 2.75) is 34.1 Å². The molecule has 0 unspecified atom stereocenters. The summed E-state index contributed by atoms with van der Waals surface area (Å²) in [5, 5.41) is 13.6. The Labute approximate surface area is 103 Å². The summed E-state index contributed by atoms with van der Waals surface area (Å²) in [5.41, 5.74) is 2.89. The van der Waals surface area contributed by atoms with Gasteiger partial charge in [-0.05, 0) is 48.1 Å². The number of hydrogen-bond acceptors (Lipinski definition) is 3. The van der Waals surface area contributed by atoms with E-state index in [1.165, 1.54) is 0 Å². The molecular formula is C14H21NO2. The summed E-state index contributed by atoms with van der Waals surface area (Å²) in [6, 6.07) is 5.49. The largest absolute Gasteiger partial charge is 0.508 e. The number of aryl methyl sites for hydroxylation is 1. The number of nitrogens with zero attached hydrogens (tertiary/aromatic N) is 1. The number of oxime groups is 1. The molecule has 3 nitrogen and oxygen atoms in total. The quantitative estimate of drug-likeness (QED) is 0.643. The third kappa shape index (κ3) is 4.10. The number of hydrogen-bond donors (Lipinski definition) is 1. The average molecular weight is 235 g/mol. The number of benzene rings is 1. The monoisotopic (exact) mass is 235 g/mol. The van der Waals surface area contributed by atoms with E-state index in [1.54, 1.807) is 13.2 Å². The average Bonchev–Trinajstić information content (AvgIpc) is 2.19. The van der Waals surface area contributed by atoms with Crippen LogP contribution in [0.5, 0.6) is 5.75 Å². The van der Waals surface area contributed by atoms with E-state index in [-0.39, 0.29) is 5.41 Å². The maximum absolute atomic E-state index is 9.52. The molecule has 94 valence electrons. The first-order chi connectivity index (χ1) is 7.83. The first-order valence-electron chi connectivity index (χ1n) is 5.73. The second kappa shape index (κ2) is 5.21. The summed E-state index contributed by atoms with van der Waals surface area (Å²) < 4.78 is 0. The number of aromatic hydroxyl groups is 1. The highest BCUT2D eigenvalue weighted by Crippen LogP contribution is 2.24. The Bertz CT molecular complexity index is 417. The molecule has 1 N–H and O–H groups in total. The molecule has 1 aromatic rings. The van der Waals surface area contributed by atoms with Crippen LogP contribution in [0.15, 0.2) is 23.4 Å². The predicted molar refractivity (Wildman–Crippen MR) is 70.5 cm³/mol. The zero-order chi connectivity index (χ0) is 13.1. The number of rotatable bonds is 3. The maximum atomic E-state index is 9.52. The van der Waals surface area contributed by atoms with Crippen molar-refractivity contribution in [1.29, 1.82) is 0 Å². The van der Waals surface area contributed by atoms with E-state index in [2.05, 4.69) is 25.9 Å². The van der Waals surface area contributed by atoms with Crippen molar-refractivity contribution in [2.75, 3.05) is 7.11 Å². The summed E-state index contributed by atoms with van der Waals surface area (Å²) in [7, 11) is 1.55. The van der Waals surface area contributed by atoms with Crippen molar-refractivity contribution < 1.29 is 9.94 Å². The van der Waals surface area contributed by atoms with Gasteiger partial charge in [0.15, 0.2) is 0 Å². The fourth-order valence-electron chi connectivity index (χ4n) is 1.63. The third-order valence-corrected chi connectivity index (χ3v) is 2.43. The molecule has 0 aliphatic heterocycles. The van der Waals surface area contributed by atoms with Crippen molar-refractivity contribution in [2.24, 2.45) is 10.6 Å². The fourth-order valence-corrected chi connectivity index (χ4v) is 1.63.